The van der Waals surface area contributed by atoms with Crippen molar-refractivity contribution in [2.75, 3.05) is 0 Å². The molecule has 11 nitrogen and oxygen atoms in total. The topological polar surface area (TPSA) is 208 Å². The second kappa shape index (κ2) is 23.2. The van der Waals surface area contributed by atoms with E-state index >= 15 is 0 Å². The van der Waals surface area contributed by atoms with E-state index in [0.717, 1.165) is 12.8 Å². The van der Waals surface area contributed by atoms with Gasteiger partial charge in [0.2, 0.25) is 0 Å². The number of cyclic esters (lactones) is 1. The van der Waals surface area contributed by atoms with Gasteiger partial charge in [0.05, 0.1) is 48.8 Å². The fourth-order valence-corrected chi connectivity index (χ4v) is 5.27. The average molecular weight is 655 g/mol. The predicted octanol–water partition coefficient (Wildman–Crippen LogP) is 1.89. The molecule has 46 heavy (non-hydrogen) atoms. The van der Waals surface area contributed by atoms with Crippen molar-refractivity contribution in [3.8, 4) is 0 Å². The fourth-order valence-electron chi connectivity index (χ4n) is 5.27. The van der Waals surface area contributed by atoms with Crippen molar-refractivity contribution in [2.24, 2.45) is 5.92 Å². The Bertz CT molecular complexity index is 991. The van der Waals surface area contributed by atoms with E-state index in [0.29, 0.717) is 12.0 Å². The number of rotatable bonds is 5. The first-order valence-corrected chi connectivity index (χ1v) is 16.4. The van der Waals surface area contributed by atoms with Crippen LogP contribution in [0.4, 0.5) is 0 Å². The molecule has 0 saturated heterocycles. The quantitative estimate of drug-likeness (QED) is 0.154. The Morgan fingerprint density at radius 1 is 0.717 bits per heavy atom. The van der Waals surface area contributed by atoms with E-state index < -0.39 is 72.9 Å². The van der Waals surface area contributed by atoms with Gasteiger partial charge in [-0.25, -0.2) is 0 Å². The lowest BCUT2D eigenvalue weighted by Gasteiger charge is -2.29. The number of ether oxygens (including phenoxy) is 1. The van der Waals surface area contributed by atoms with Crippen LogP contribution in [-0.4, -0.2) is 113 Å². The fraction of sp³-hybridized carbons (Fsp3) is 0.686. The molecule has 11 heteroatoms. The van der Waals surface area contributed by atoms with E-state index in [9.17, 15) is 50.8 Å². The third kappa shape index (κ3) is 17.7. The second-order valence-corrected chi connectivity index (χ2v) is 12.4. The molecule has 0 aromatic carbocycles. The summed E-state index contributed by atoms with van der Waals surface area (Å²) in [7, 11) is 0. The third-order valence-electron chi connectivity index (χ3n) is 8.03. The molecule has 1 aliphatic rings. The lowest BCUT2D eigenvalue weighted by molar-refractivity contribution is -0.168. The van der Waals surface area contributed by atoms with Crippen LogP contribution in [0.5, 0.6) is 0 Å². The maximum Gasteiger partial charge on any atom is 0.314 e. The molecule has 0 aromatic heterocycles. The van der Waals surface area contributed by atoms with Gasteiger partial charge < -0.3 is 50.7 Å². The van der Waals surface area contributed by atoms with Crippen LogP contribution in [0.25, 0.3) is 0 Å². The average Bonchev–Trinajstić information content (AvgIpc) is 2.94. The minimum atomic E-state index is -1.52. The lowest BCUT2D eigenvalue weighted by Crippen LogP contribution is -2.43. The van der Waals surface area contributed by atoms with Crippen molar-refractivity contribution >= 4 is 5.97 Å². The molecule has 9 N–H and O–H groups in total. The largest absolute Gasteiger partial charge is 0.459 e. The van der Waals surface area contributed by atoms with Gasteiger partial charge in [0, 0.05) is 12.8 Å². The zero-order valence-electron chi connectivity index (χ0n) is 27.5. The van der Waals surface area contributed by atoms with Crippen LogP contribution >= 0.6 is 0 Å². The Hall–Kier alpha value is -2.19. The molecule has 0 radical (unpaired) electrons. The van der Waals surface area contributed by atoms with E-state index in [2.05, 4.69) is 0 Å². The molecular formula is C35H58O11. The summed E-state index contributed by atoms with van der Waals surface area (Å²) in [5.41, 5.74) is 0.609. The summed E-state index contributed by atoms with van der Waals surface area (Å²) in [5.74, 6) is -2.33. The van der Waals surface area contributed by atoms with Crippen LogP contribution in [0, 0.1) is 5.92 Å². The summed E-state index contributed by atoms with van der Waals surface area (Å²) in [5, 5.41) is 94.8. The molecule has 1 aliphatic heterocycles. The van der Waals surface area contributed by atoms with Crippen molar-refractivity contribution in [3.05, 3.63) is 60.3 Å². The van der Waals surface area contributed by atoms with E-state index in [1.165, 1.54) is 13.0 Å². The maximum absolute atomic E-state index is 13.1. The number of aliphatic hydroxyl groups is 9. The normalized spacial score (nSPS) is 38.6. The molecule has 0 amide bonds. The Labute approximate surface area is 273 Å². The second-order valence-electron chi connectivity index (χ2n) is 12.4. The third-order valence-corrected chi connectivity index (χ3v) is 8.03. The number of carbonyl (C=O) groups excluding carboxylic acids is 1. The Balaban J connectivity index is 3.14. The molecule has 0 spiro atoms. The number of carbonyl (C=O) groups is 1. The van der Waals surface area contributed by atoms with Crippen LogP contribution in [0.1, 0.15) is 85.0 Å². The van der Waals surface area contributed by atoms with Crippen molar-refractivity contribution in [2.45, 2.75) is 146 Å². The molecule has 1 unspecified atom stereocenters. The van der Waals surface area contributed by atoms with Crippen LogP contribution in [-0.2, 0) is 9.53 Å². The van der Waals surface area contributed by atoms with Gasteiger partial charge in [-0.05, 0) is 51.5 Å². The summed E-state index contributed by atoms with van der Waals surface area (Å²) in [6.07, 6.45) is 4.69. The Morgan fingerprint density at radius 3 is 1.74 bits per heavy atom. The van der Waals surface area contributed by atoms with Gasteiger partial charge in [-0.1, -0.05) is 80.9 Å². The first kappa shape index (κ1) is 41.8. The molecule has 0 fully saturated rings. The van der Waals surface area contributed by atoms with Gasteiger partial charge in [-0.3, -0.25) is 4.79 Å². The first-order chi connectivity index (χ1) is 21.7. The molecule has 0 aromatic rings. The SMILES string of the molecule is CCCCC[C@@H](O)C1C(=O)O[C@@H](C)[C@@H](O)/C=C/C=C/C=C/C=C/C=C(/C)[C@@H](O)C[C@H](O)C[C@H](O)C[C@H](O)C[C@H](O)C[C@H](O)C[C@@H]1O. The van der Waals surface area contributed by atoms with E-state index in [1.807, 2.05) is 6.92 Å². The van der Waals surface area contributed by atoms with E-state index in [1.54, 1.807) is 55.5 Å². The van der Waals surface area contributed by atoms with Crippen LogP contribution < -0.4 is 0 Å². The van der Waals surface area contributed by atoms with Crippen LogP contribution in [0.3, 0.4) is 0 Å². The smallest absolute Gasteiger partial charge is 0.314 e. The molecule has 0 saturated carbocycles. The number of unbranched alkanes of at least 4 members (excludes halogenated alkanes) is 2. The number of hydrogen-bond acceptors (Lipinski definition) is 11. The van der Waals surface area contributed by atoms with Gasteiger partial charge in [0.1, 0.15) is 18.1 Å². The zero-order chi connectivity index (χ0) is 34.6. The van der Waals surface area contributed by atoms with Gasteiger partial charge in [-0.15, -0.1) is 0 Å². The summed E-state index contributed by atoms with van der Waals surface area (Å²) in [4.78, 5) is 13.1. The van der Waals surface area contributed by atoms with Crippen molar-refractivity contribution in [3.63, 3.8) is 0 Å². The molecule has 0 aliphatic carbocycles. The van der Waals surface area contributed by atoms with Crippen molar-refractivity contribution in [1.29, 1.82) is 0 Å². The molecule has 0 bridgehead atoms. The van der Waals surface area contributed by atoms with Gasteiger partial charge >= 0.3 is 5.97 Å². The van der Waals surface area contributed by atoms with Gasteiger partial charge in [0.25, 0.3) is 0 Å². The Morgan fingerprint density at radius 2 is 1.20 bits per heavy atom. The molecule has 1 heterocycles. The molecule has 11 atom stereocenters. The van der Waals surface area contributed by atoms with Gasteiger partial charge in [-0.2, -0.15) is 0 Å². The van der Waals surface area contributed by atoms with Crippen LogP contribution in [0.15, 0.2) is 60.3 Å². The predicted molar refractivity (Wildman–Crippen MR) is 175 cm³/mol. The highest BCUT2D eigenvalue weighted by atomic mass is 16.6. The lowest BCUT2D eigenvalue weighted by atomic mass is 9.87. The molecule has 264 valence electrons. The van der Waals surface area contributed by atoms with Crippen molar-refractivity contribution < 1.29 is 55.5 Å². The van der Waals surface area contributed by atoms with E-state index in [4.69, 9.17) is 4.74 Å². The minimum Gasteiger partial charge on any atom is -0.459 e. The maximum atomic E-state index is 13.1. The number of aliphatic hydroxyl groups excluding tert-OH is 9. The molecule has 1 rings (SSSR count). The Kier molecular flexibility index (Phi) is 21.1. The minimum absolute atomic E-state index is 0.0162. The summed E-state index contributed by atoms with van der Waals surface area (Å²) < 4.78 is 5.42. The first-order valence-electron chi connectivity index (χ1n) is 16.4. The van der Waals surface area contributed by atoms with Crippen LogP contribution in [0.2, 0.25) is 0 Å². The summed E-state index contributed by atoms with van der Waals surface area (Å²) >= 11 is 0. The highest BCUT2D eigenvalue weighted by Gasteiger charge is 2.37. The number of hydrogen-bond donors (Lipinski definition) is 9. The van der Waals surface area contributed by atoms with Gasteiger partial charge in [0.15, 0.2) is 0 Å². The highest BCUT2D eigenvalue weighted by molar-refractivity contribution is 5.74. The molecular weight excluding hydrogens is 596 g/mol. The monoisotopic (exact) mass is 654 g/mol. The number of allylic oxidation sites excluding steroid dienone is 8. The summed E-state index contributed by atoms with van der Waals surface area (Å²) in [6, 6.07) is 0. The van der Waals surface area contributed by atoms with E-state index in [-0.39, 0.29) is 44.9 Å². The number of esters is 1. The highest BCUT2D eigenvalue weighted by Crippen LogP contribution is 2.24. The standard InChI is InChI=1S/C35H58O11/c1-4-5-11-16-31(42)34-33(44)22-29(40)20-27(38)18-25(36)17-26(37)19-28(39)21-32(43)23(2)14-12-9-7-6-8-10-13-15-30(41)24(3)46-35(34)45/h6-10,12-15,24-34,36-44H,4-5,11,16-22H2,1-3H3/b7-6+,10-8+,12-9+,15-13+,23-14-/t24-,25-,26+,27-,28+,29-,30-,31+,32-,33-,34?/m0/s1. The zero-order valence-corrected chi connectivity index (χ0v) is 27.5. The van der Waals surface area contributed by atoms with Crippen molar-refractivity contribution in [1.82, 2.24) is 0 Å². The summed E-state index contributed by atoms with van der Waals surface area (Å²) in [6.45, 7) is 5.18.